The lowest BCUT2D eigenvalue weighted by Gasteiger charge is -2.18. The molecule has 0 aliphatic heterocycles. The van der Waals surface area contributed by atoms with Crippen LogP contribution >= 0.6 is 11.8 Å². The highest BCUT2D eigenvalue weighted by molar-refractivity contribution is 8.00. The maximum atomic E-state index is 11.2. The van der Waals surface area contributed by atoms with E-state index >= 15 is 0 Å². The average Bonchev–Trinajstić information content (AvgIpc) is 2.92. The molecule has 0 saturated carbocycles. The minimum atomic E-state index is -0.884. The fourth-order valence-corrected chi connectivity index (χ4v) is 5.73. The number of carbonyl (C=O) groups is 1. The average molecular weight is 547 g/mol. The van der Waals surface area contributed by atoms with Gasteiger partial charge in [0.05, 0.1) is 12.2 Å². The molecule has 0 amide bonds. The fraction of sp³-hybridized carbons (Fsp3) is 0.400. The zero-order chi connectivity index (χ0) is 27.0. The van der Waals surface area contributed by atoms with Gasteiger partial charge in [0.25, 0.3) is 0 Å². The Balaban J connectivity index is 0.00000533. The standard InChI is InChI=1S/C34H42O3S.CH4/c1-27(2)13-8-10-18-31(38-32-24-21-30(22-25-32)34(35)36)23-20-29-17-9-11-19-33(29)37-26-12-4-7-16-28-14-5-3-6-15-28;/h3,5-6,9,11,14-15,17,19,21-22,24-25,31H,1,4,7-8,10,12-13,16,18,20,23,26H2,2H3,(H,35,36);1H4. The van der Waals surface area contributed by atoms with Crippen molar-refractivity contribution in [1.29, 1.82) is 0 Å². The van der Waals surface area contributed by atoms with Crippen molar-refractivity contribution in [2.24, 2.45) is 0 Å². The van der Waals surface area contributed by atoms with Crippen molar-refractivity contribution in [1.82, 2.24) is 0 Å². The first kappa shape index (κ1) is 32.2. The summed E-state index contributed by atoms with van der Waals surface area (Å²) in [4.78, 5) is 12.3. The quantitative estimate of drug-likeness (QED) is 0.0979. The molecule has 0 aliphatic carbocycles. The molecule has 39 heavy (non-hydrogen) atoms. The second kappa shape index (κ2) is 18.3. The molecule has 0 saturated heterocycles. The molecule has 0 aromatic heterocycles. The summed E-state index contributed by atoms with van der Waals surface area (Å²) < 4.78 is 6.23. The van der Waals surface area contributed by atoms with Crippen LogP contribution in [0.2, 0.25) is 0 Å². The van der Waals surface area contributed by atoms with Crippen LogP contribution in [0.3, 0.4) is 0 Å². The lowest BCUT2D eigenvalue weighted by atomic mass is 10.0. The highest BCUT2D eigenvalue weighted by Gasteiger charge is 2.14. The Bertz CT molecular complexity index is 1110. The second-order valence-corrected chi connectivity index (χ2v) is 11.4. The van der Waals surface area contributed by atoms with E-state index in [1.54, 1.807) is 12.1 Å². The van der Waals surface area contributed by atoms with Crippen LogP contribution in [0.15, 0.2) is 95.9 Å². The number of hydrogen-bond acceptors (Lipinski definition) is 3. The van der Waals surface area contributed by atoms with Gasteiger partial charge in [-0.1, -0.05) is 68.0 Å². The van der Waals surface area contributed by atoms with Gasteiger partial charge in [-0.05, 0) is 106 Å². The number of allylic oxidation sites excluding steroid dienone is 1. The second-order valence-electron chi connectivity index (χ2n) is 10.1. The minimum absolute atomic E-state index is 0. The van der Waals surface area contributed by atoms with E-state index in [1.165, 1.54) is 36.0 Å². The third-order valence-electron chi connectivity index (χ3n) is 6.70. The number of para-hydroxylation sites is 1. The van der Waals surface area contributed by atoms with E-state index in [-0.39, 0.29) is 7.43 Å². The van der Waals surface area contributed by atoms with Gasteiger partial charge in [0, 0.05) is 10.1 Å². The van der Waals surface area contributed by atoms with Crippen molar-refractivity contribution in [3.63, 3.8) is 0 Å². The molecule has 210 valence electrons. The molecule has 0 fully saturated rings. The van der Waals surface area contributed by atoms with Crippen LogP contribution in [0.4, 0.5) is 0 Å². The van der Waals surface area contributed by atoms with Crippen molar-refractivity contribution >= 4 is 17.7 Å². The zero-order valence-corrected chi connectivity index (χ0v) is 23.6. The van der Waals surface area contributed by atoms with Gasteiger partial charge in [-0.15, -0.1) is 18.3 Å². The molecule has 3 aromatic rings. The monoisotopic (exact) mass is 546 g/mol. The maximum Gasteiger partial charge on any atom is 0.335 e. The van der Waals surface area contributed by atoms with E-state index < -0.39 is 5.97 Å². The number of carboxylic acids is 1. The summed E-state index contributed by atoms with van der Waals surface area (Å²) >= 11 is 1.86. The molecule has 0 bridgehead atoms. The van der Waals surface area contributed by atoms with E-state index in [0.717, 1.165) is 62.2 Å². The molecule has 1 atom stereocenters. The Hall–Kier alpha value is -2.98. The highest BCUT2D eigenvalue weighted by Crippen LogP contribution is 2.32. The number of hydrogen-bond donors (Lipinski definition) is 1. The van der Waals surface area contributed by atoms with E-state index in [9.17, 15) is 9.90 Å². The van der Waals surface area contributed by atoms with Crippen molar-refractivity contribution in [2.75, 3.05) is 6.61 Å². The summed E-state index contributed by atoms with van der Waals surface area (Å²) in [6.07, 6.45) is 11.1. The van der Waals surface area contributed by atoms with Crippen molar-refractivity contribution in [3.05, 3.63) is 108 Å². The summed E-state index contributed by atoms with van der Waals surface area (Å²) in [6.45, 7) is 6.88. The van der Waals surface area contributed by atoms with Gasteiger partial charge < -0.3 is 9.84 Å². The van der Waals surface area contributed by atoms with Crippen LogP contribution in [0.5, 0.6) is 5.75 Å². The Morgan fingerprint density at radius 3 is 2.28 bits per heavy atom. The van der Waals surface area contributed by atoms with Crippen LogP contribution < -0.4 is 4.74 Å². The highest BCUT2D eigenvalue weighted by atomic mass is 32.2. The molecule has 0 spiro atoms. The van der Waals surface area contributed by atoms with Crippen molar-refractivity contribution in [2.45, 2.75) is 88.7 Å². The number of unbranched alkanes of at least 4 members (excludes halogenated alkanes) is 3. The molecule has 1 unspecified atom stereocenters. The van der Waals surface area contributed by atoms with Gasteiger partial charge in [-0.25, -0.2) is 4.79 Å². The third-order valence-corrected chi connectivity index (χ3v) is 8.05. The van der Waals surface area contributed by atoms with Crippen molar-refractivity contribution < 1.29 is 14.6 Å². The van der Waals surface area contributed by atoms with Crippen molar-refractivity contribution in [3.8, 4) is 5.75 Å². The Kier molecular flexibility index (Phi) is 15.2. The number of benzene rings is 3. The molecule has 3 aromatic carbocycles. The van der Waals surface area contributed by atoms with E-state index in [2.05, 4.69) is 68.1 Å². The Morgan fingerprint density at radius 2 is 1.56 bits per heavy atom. The molecule has 4 heteroatoms. The van der Waals surface area contributed by atoms with E-state index in [0.29, 0.717) is 10.8 Å². The summed E-state index contributed by atoms with van der Waals surface area (Å²) in [5, 5.41) is 9.67. The molecular weight excluding hydrogens is 500 g/mol. The number of aryl methyl sites for hydroxylation is 2. The molecule has 3 rings (SSSR count). The summed E-state index contributed by atoms with van der Waals surface area (Å²) in [5.74, 6) is 0.123. The first-order chi connectivity index (χ1) is 18.5. The van der Waals surface area contributed by atoms with Crippen LogP contribution in [0, 0.1) is 0 Å². The predicted octanol–water partition coefficient (Wildman–Crippen LogP) is 10.0. The van der Waals surface area contributed by atoms with E-state index in [4.69, 9.17) is 4.74 Å². The SMILES string of the molecule is C.C=C(C)CCCCC(CCc1ccccc1OCCCCCc1ccccc1)Sc1ccc(C(=O)O)cc1. The van der Waals surface area contributed by atoms with Gasteiger partial charge >= 0.3 is 5.97 Å². The normalized spacial score (nSPS) is 11.4. The summed E-state index contributed by atoms with van der Waals surface area (Å²) in [6, 6.07) is 26.4. The first-order valence-electron chi connectivity index (χ1n) is 13.9. The van der Waals surface area contributed by atoms with Crippen LogP contribution in [0.25, 0.3) is 0 Å². The number of ether oxygens (including phenoxy) is 1. The number of aromatic carboxylic acids is 1. The molecule has 0 radical (unpaired) electrons. The van der Waals surface area contributed by atoms with Crippen LogP contribution in [0.1, 0.15) is 87.2 Å². The topological polar surface area (TPSA) is 46.5 Å². The zero-order valence-electron chi connectivity index (χ0n) is 22.7. The summed E-state index contributed by atoms with van der Waals surface area (Å²) in [5.41, 5.74) is 4.25. The lowest BCUT2D eigenvalue weighted by molar-refractivity contribution is 0.0697. The van der Waals surface area contributed by atoms with Crippen LogP contribution in [-0.4, -0.2) is 22.9 Å². The lowest BCUT2D eigenvalue weighted by Crippen LogP contribution is -2.07. The van der Waals surface area contributed by atoms with E-state index in [1.807, 2.05) is 23.9 Å². The van der Waals surface area contributed by atoms with Gasteiger partial charge in [0.2, 0.25) is 0 Å². The molecule has 1 N–H and O–H groups in total. The first-order valence-corrected chi connectivity index (χ1v) is 14.8. The minimum Gasteiger partial charge on any atom is -0.493 e. The predicted molar refractivity (Wildman–Crippen MR) is 167 cm³/mol. The molecule has 0 heterocycles. The number of thioether (sulfide) groups is 1. The number of carboxylic acid groups (broad SMARTS) is 1. The Morgan fingerprint density at radius 1 is 0.846 bits per heavy atom. The maximum absolute atomic E-state index is 11.2. The Labute approximate surface area is 240 Å². The van der Waals surface area contributed by atoms with Gasteiger partial charge in [0.15, 0.2) is 0 Å². The molecular formula is C35H46O3S. The summed E-state index contributed by atoms with van der Waals surface area (Å²) in [7, 11) is 0. The molecule has 3 nitrogen and oxygen atoms in total. The third kappa shape index (κ3) is 12.6. The van der Waals surface area contributed by atoms with Gasteiger partial charge in [0.1, 0.15) is 5.75 Å². The smallest absolute Gasteiger partial charge is 0.335 e. The molecule has 0 aliphatic rings. The number of rotatable bonds is 18. The van der Waals surface area contributed by atoms with Crippen LogP contribution in [-0.2, 0) is 12.8 Å². The fourth-order valence-electron chi connectivity index (χ4n) is 4.53. The largest absolute Gasteiger partial charge is 0.493 e. The van der Waals surface area contributed by atoms with Gasteiger partial charge in [-0.3, -0.25) is 0 Å². The van der Waals surface area contributed by atoms with Gasteiger partial charge in [-0.2, -0.15) is 0 Å².